The van der Waals surface area contributed by atoms with Crippen molar-refractivity contribution in [2.24, 2.45) is 0 Å². The Bertz CT molecular complexity index is 414. The summed E-state index contributed by atoms with van der Waals surface area (Å²) >= 11 is 2.41. The monoisotopic (exact) mass is 292 g/mol. The highest BCUT2D eigenvalue weighted by atomic mass is 79.9. The first kappa shape index (κ1) is 12.9. The molecule has 0 aliphatic rings. The molecule has 0 saturated carbocycles. The molecule has 0 fully saturated rings. The lowest BCUT2D eigenvalue weighted by Crippen LogP contribution is -2.05. The molecule has 1 aromatic carbocycles. The molecule has 86 valence electrons. The van der Waals surface area contributed by atoms with Crippen molar-refractivity contribution < 1.29 is 17.9 Å². The van der Waals surface area contributed by atoms with Gasteiger partial charge < -0.3 is 4.74 Å². The van der Waals surface area contributed by atoms with E-state index in [9.17, 15) is 13.2 Å². The van der Waals surface area contributed by atoms with Crippen LogP contribution in [-0.4, -0.2) is 13.3 Å². The molecule has 0 amide bonds. The van der Waals surface area contributed by atoms with Gasteiger partial charge in [-0.3, -0.25) is 0 Å². The van der Waals surface area contributed by atoms with E-state index in [1.807, 2.05) is 0 Å². The Morgan fingerprint density at radius 3 is 2.31 bits per heavy atom. The highest BCUT2D eigenvalue weighted by molar-refractivity contribution is 9.11. The zero-order valence-electron chi connectivity index (χ0n) is 8.31. The highest BCUT2D eigenvalue weighted by Crippen LogP contribution is 2.29. The van der Waals surface area contributed by atoms with E-state index in [0.717, 1.165) is 0 Å². The highest BCUT2D eigenvalue weighted by Gasteiger charge is 2.31. The van der Waals surface area contributed by atoms with E-state index in [1.165, 1.54) is 13.2 Å². The van der Waals surface area contributed by atoms with Crippen molar-refractivity contribution in [1.82, 2.24) is 0 Å². The summed E-state index contributed by atoms with van der Waals surface area (Å²) in [5.41, 5.74) is 2.73. The molecule has 16 heavy (non-hydrogen) atoms. The first-order valence-corrected chi connectivity index (χ1v) is 5.06. The molecule has 0 aromatic heterocycles. The summed E-state index contributed by atoms with van der Waals surface area (Å²) in [6.07, 6.45) is -3.15. The second kappa shape index (κ2) is 5.23. The lowest BCUT2D eigenvalue weighted by Gasteiger charge is -2.00. The Balaban J connectivity index is 2.92. The van der Waals surface area contributed by atoms with Gasteiger partial charge in [0.2, 0.25) is 0 Å². The van der Waals surface area contributed by atoms with Gasteiger partial charge in [-0.25, -0.2) is 0 Å². The summed E-state index contributed by atoms with van der Waals surface area (Å²) in [7, 11) is 1.52. The number of methoxy groups -OCH3 is 1. The SMILES string of the molecule is COc1ccc(C=C=C(Br)C(F)(F)F)cc1. The minimum absolute atomic E-state index is 0.613. The summed E-state index contributed by atoms with van der Waals surface area (Å²) in [6.45, 7) is 0. The van der Waals surface area contributed by atoms with Gasteiger partial charge in [-0.2, -0.15) is 13.2 Å². The van der Waals surface area contributed by atoms with Crippen LogP contribution in [-0.2, 0) is 0 Å². The zero-order valence-corrected chi connectivity index (χ0v) is 9.89. The minimum Gasteiger partial charge on any atom is -0.497 e. The Hall–Kier alpha value is -1.19. The molecule has 0 N–H and O–H groups in total. The molecule has 1 rings (SSSR count). The first-order valence-electron chi connectivity index (χ1n) is 4.27. The topological polar surface area (TPSA) is 9.23 Å². The van der Waals surface area contributed by atoms with Gasteiger partial charge in [-0.05, 0) is 39.7 Å². The molecular weight excluding hydrogens is 285 g/mol. The third-order valence-corrected chi connectivity index (χ3v) is 2.41. The predicted molar refractivity (Wildman–Crippen MR) is 59.5 cm³/mol. The molecule has 1 nitrogen and oxygen atoms in total. The second-order valence-electron chi connectivity index (χ2n) is 2.87. The van der Waals surface area contributed by atoms with E-state index in [0.29, 0.717) is 11.3 Å². The average Bonchev–Trinajstić information content (AvgIpc) is 2.25. The van der Waals surface area contributed by atoms with E-state index in [4.69, 9.17) is 4.74 Å². The van der Waals surface area contributed by atoms with Crippen LogP contribution in [0.15, 0.2) is 34.5 Å². The number of hydrogen-bond donors (Lipinski definition) is 0. The van der Waals surface area contributed by atoms with Crippen molar-refractivity contribution in [3.8, 4) is 5.75 Å². The standard InChI is InChI=1S/C11H8BrF3O/c1-16-9-5-2-8(3-6-9)4-7-10(12)11(13,14)15/h2-6H,1H3. The Morgan fingerprint density at radius 1 is 1.31 bits per heavy atom. The smallest absolute Gasteiger partial charge is 0.430 e. The number of halogens is 4. The fraction of sp³-hybridized carbons (Fsp3) is 0.182. The van der Waals surface area contributed by atoms with Crippen LogP contribution >= 0.6 is 15.9 Å². The molecule has 0 atom stereocenters. The molecule has 0 unspecified atom stereocenters. The lowest BCUT2D eigenvalue weighted by atomic mass is 10.2. The Morgan fingerprint density at radius 2 is 1.88 bits per heavy atom. The fourth-order valence-electron chi connectivity index (χ4n) is 0.929. The molecule has 1 aromatic rings. The molecule has 5 heteroatoms. The average molecular weight is 293 g/mol. The molecule has 0 spiro atoms. The molecular formula is C11H8BrF3O. The summed E-state index contributed by atoms with van der Waals surface area (Å²) in [6, 6.07) is 6.61. The molecule has 0 aliphatic heterocycles. The molecule has 0 bridgehead atoms. The summed E-state index contributed by atoms with van der Waals surface area (Å²) in [4.78, 5) is 0. The van der Waals surface area contributed by atoms with Crippen molar-refractivity contribution in [3.63, 3.8) is 0 Å². The van der Waals surface area contributed by atoms with Crippen LogP contribution in [0.2, 0.25) is 0 Å². The molecule has 0 radical (unpaired) electrons. The van der Waals surface area contributed by atoms with Crippen molar-refractivity contribution in [2.45, 2.75) is 6.18 Å². The number of rotatable bonds is 2. The number of ether oxygens (including phenoxy) is 1. The van der Waals surface area contributed by atoms with E-state index in [-0.39, 0.29) is 0 Å². The maximum Gasteiger partial charge on any atom is 0.430 e. The normalized spacial score (nSPS) is 10.6. The van der Waals surface area contributed by atoms with Gasteiger partial charge >= 0.3 is 6.18 Å². The van der Waals surface area contributed by atoms with Crippen molar-refractivity contribution >= 4 is 22.0 Å². The van der Waals surface area contributed by atoms with Gasteiger partial charge in [0.25, 0.3) is 0 Å². The van der Waals surface area contributed by atoms with Crippen LogP contribution in [0.25, 0.3) is 6.08 Å². The molecule has 0 heterocycles. The summed E-state index contributed by atoms with van der Waals surface area (Å²) in [5, 5.41) is 0. The van der Waals surface area contributed by atoms with Crippen molar-refractivity contribution in [2.75, 3.05) is 7.11 Å². The minimum atomic E-state index is -4.40. The number of allylic oxidation sites excluding steroid dienone is 1. The van der Waals surface area contributed by atoms with E-state index < -0.39 is 10.7 Å². The maximum absolute atomic E-state index is 12.1. The fourth-order valence-corrected chi connectivity index (χ4v) is 1.04. The van der Waals surface area contributed by atoms with Crippen LogP contribution in [0, 0.1) is 0 Å². The largest absolute Gasteiger partial charge is 0.497 e. The molecule has 0 aliphatic carbocycles. The van der Waals surface area contributed by atoms with Crippen molar-refractivity contribution in [3.05, 3.63) is 40.0 Å². The first-order chi connectivity index (χ1) is 7.43. The van der Waals surface area contributed by atoms with Gasteiger partial charge in [-0.1, -0.05) is 17.9 Å². The van der Waals surface area contributed by atoms with Gasteiger partial charge in [-0.15, -0.1) is 0 Å². The van der Waals surface area contributed by atoms with Crippen LogP contribution in [0.4, 0.5) is 13.2 Å². The number of benzene rings is 1. The van der Waals surface area contributed by atoms with Gasteiger partial charge in [0.05, 0.1) is 7.11 Å². The maximum atomic E-state index is 12.1. The molecule has 0 saturated heterocycles. The van der Waals surface area contributed by atoms with E-state index >= 15 is 0 Å². The van der Waals surface area contributed by atoms with Crippen LogP contribution in [0.3, 0.4) is 0 Å². The summed E-state index contributed by atoms with van der Waals surface area (Å²) < 4.78 is 40.2. The predicted octanol–water partition coefficient (Wildman–Crippen LogP) is 4.15. The van der Waals surface area contributed by atoms with E-state index in [1.54, 1.807) is 24.3 Å². The van der Waals surface area contributed by atoms with Crippen LogP contribution in [0.5, 0.6) is 5.75 Å². The Kier molecular flexibility index (Phi) is 4.21. The third kappa shape index (κ3) is 3.76. The van der Waals surface area contributed by atoms with Crippen molar-refractivity contribution in [1.29, 1.82) is 0 Å². The number of hydrogen-bond acceptors (Lipinski definition) is 1. The summed E-state index contributed by atoms with van der Waals surface area (Å²) in [5.74, 6) is 0.649. The van der Waals surface area contributed by atoms with Gasteiger partial charge in [0.15, 0.2) is 0 Å². The van der Waals surface area contributed by atoms with Gasteiger partial charge in [0.1, 0.15) is 10.2 Å². The lowest BCUT2D eigenvalue weighted by molar-refractivity contribution is -0.0826. The van der Waals surface area contributed by atoms with E-state index in [2.05, 4.69) is 21.7 Å². The van der Waals surface area contributed by atoms with Crippen LogP contribution < -0.4 is 4.74 Å². The second-order valence-corrected chi connectivity index (χ2v) is 3.67. The number of alkyl halides is 3. The Labute approximate surface area is 99.4 Å². The zero-order chi connectivity index (χ0) is 12.2. The van der Waals surface area contributed by atoms with Gasteiger partial charge in [0, 0.05) is 0 Å². The third-order valence-electron chi connectivity index (χ3n) is 1.73. The quantitative estimate of drug-likeness (QED) is 0.744. The van der Waals surface area contributed by atoms with Crippen LogP contribution in [0.1, 0.15) is 5.56 Å².